The fourth-order valence-electron chi connectivity index (χ4n) is 3.90. The maximum Gasteiger partial charge on any atom is 0.223 e. The molecule has 2 aliphatic heterocycles. The number of carbonyl (C=O) groups is 1. The molecular weight excluding hydrogens is 308 g/mol. The first-order valence-corrected chi connectivity index (χ1v) is 8.96. The Kier molecular flexibility index (Phi) is 5.20. The first-order valence-electron chi connectivity index (χ1n) is 8.96. The molecule has 0 aliphatic carbocycles. The quantitative estimate of drug-likeness (QED) is 0.896. The third kappa shape index (κ3) is 4.13. The minimum Gasteiger partial charge on any atom is -0.388 e. The van der Waals surface area contributed by atoms with Gasteiger partial charge in [-0.15, -0.1) is 0 Å². The summed E-state index contributed by atoms with van der Waals surface area (Å²) < 4.78 is 5.08. The number of hydrogen-bond acceptors (Lipinski definition) is 6. The van der Waals surface area contributed by atoms with Crippen molar-refractivity contribution in [2.24, 2.45) is 0 Å². The molecule has 7 nitrogen and oxygen atoms in total. The van der Waals surface area contributed by atoms with Crippen molar-refractivity contribution in [1.82, 2.24) is 19.9 Å². The molecule has 3 rings (SSSR count). The molecule has 0 aromatic carbocycles. The molecule has 2 saturated heterocycles. The van der Waals surface area contributed by atoms with Gasteiger partial charge in [0.2, 0.25) is 11.8 Å². The highest BCUT2D eigenvalue weighted by atomic mass is 16.5. The standard InChI is InChI=1S/C17H28N4O3/c1-13-18-16(19-24-13)15-4-9-20(10-5-15)12-17(23)6-3-8-21(11-7-17)14(2)22/h15,23H,3-12H2,1-2H3. The molecule has 134 valence electrons. The van der Waals surface area contributed by atoms with Gasteiger partial charge in [0.05, 0.1) is 5.60 Å². The van der Waals surface area contributed by atoms with E-state index < -0.39 is 5.60 Å². The summed E-state index contributed by atoms with van der Waals surface area (Å²) in [5, 5.41) is 15.0. The van der Waals surface area contributed by atoms with Crippen molar-refractivity contribution in [1.29, 1.82) is 0 Å². The van der Waals surface area contributed by atoms with Crippen LogP contribution in [-0.2, 0) is 4.79 Å². The predicted octanol–water partition coefficient (Wildman–Crippen LogP) is 1.32. The second kappa shape index (κ2) is 7.19. The van der Waals surface area contributed by atoms with E-state index in [1.54, 1.807) is 6.92 Å². The zero-order valence-electron chi connectivity index (χ0n) is 14.7. The average molecular weight is 336 g/mol. The number of aliphatic hydroxyl groups is 1. The van der Waals surface area contributed by atoms with Gasteiger partial charge in [0.25, 0.3) is 0 Å². The molecule has 2 fully saturated rings. The van der Waals surface area contributed by atoms with Crippen molar-refractivity contribution in [2.45, 2.75) is 57.5 Å². The minimum atomic E-state index is -0.681. The van der Waals surface area contributed by atoms with Gasteiger partial charge in [0.1, 0.15) is 0 Å². The van der Waals surface area contributed by atoms with Crippen LogP contribution >= 0.6 is 0 Å². The lowest BCUT2D eigenvalue weighted by atomic mass is 9.91. The summed E-state index contributed by atoms with van der Waals surface area (Å²) in [4.78, 5) is 20.1. The number of β-amino-alcohol motifs (C(OH)–C–C–N with tert-alkyl or cyclic N) is 1. The molecule has 24 heavy (non-hydrogen) atoms. The monoisotopic (exact) mass is 336 g/mol. The number of aryl methyl sites for hydroxylation is 1. The molecular formula is C17H28N4O3. The highest BCUT2D eigenvalue weighted by Gasteiger charge is 2.34. The van der Waals surface area contributed by atoms with Gasteiger partial charge in [0, 0.05) is 39.4 Å². The van der Waals surface area contributed by atoms with E-state index in [-0.39, 0.29) is 5.91 Å². The predicted molar refractivity (Wildman–Crippen MR) is 88.5 cm³/mol. The first-order chi connectivity index (χ1) is 11.5. The number of nitrogens with zero attached hydrogens (tertiary/aromatic N) is 4. The second-order valence-corrected chi connectivity index (χ2v) is 7.31. The van der Waals surface area contributed by atoms with E-state index in [0.29, 0.717) is 31.3 Å². The van der Waals surface area contributed by atoms with Crippen molar-refractivity contribution in [2.75, 3.05) is 32.7 Å². The van der Waals surface area contributed by atoms with Gasteiger partial charge in [-0.3, -0.25) is 4.79 Å². The fraction of sp³-hybridized carbons (Fsp3) is 0.824. The van der Waals surface area contributed by atoms with E-state index in [9.17, 15) is 9.90 Å². The molecule has 1 atom stereocenters. The number of amides is 1. The largest absolute Gasteiger partial charge is 0.388 e. The minimum absolute atomic E-state index is 0.107. The van der Waals surface area contributed by atoms with E-state index in [4.69, 9.17) is 4.52 Å². The third-order valence-corrected chi connectivity index (χ3v) is 5.38. The van der Waals surface area contributed by atoms with Crippen LogP contribution in [0.1, 0.15) is 56.7 Å². The summed E-state index contributed by atoms with van der Waals surface area (Å²) in [6.07, 6.45) is 4.29. The molecule has 2 aliphatic rings. The number of piperidine rings is 1. The molecule has 1 amide bonds. The molecule has 0 spiro atoms. The van der Waals surface area contributed by atoms with Gasteiger partial charge in [-0.25, -0.2) is 0 Å². The summed E-state index contributed by atoms with van der Waals surface area (Å²) in [5.74, 6) is 1.90. The average Bonchev–Trinajstić information content (AvgIpc) is 2.87. The van der Waals surface area contributed by atoms with Crippen molar-refractivity contribution >= 4 is 5.91 Å². The topological polar surface area (TPSA) is 82.7 Å². The number of rotatable bonds is 3. The Balaban J connectivity index is 1.51. The van der Waals surface area contributed by atoms with Gasteiger partial charge in [-0.1, -0.05) is 5.16 Å². The molecule has 1 unspecified atom stereocenters. The van der Waals surface area contributed by atoms with Crippen molar-refractivity contribution < 1.29 is 14.4 Å². The Morgan fingerprint density at radius 1 is 1.29 bits per heavy atom. The van der Waals surface area contributed by atoms with Crippen molar-refractivity contribution in [3.05, 3.63) is 11.7 Å². The summed E-state index contributed by atoms with van der Waals surface area (Å²) in [6, 6.07) is 0. The molecule has 0 radical (unpaired) electrons. The molecule has 0 bridgehead atoms. The Morgan fingerprint density at radius 3 is 2.67 bits per heavy atom. The van der Waals surface area contributed by atoms with Crippen molar-refractivity contribution in [3.8, 4) is 0 Å². The van der Waals surface area contributed by atoms with E-state index in [1.807, 2.05) is 11.8 Å². The molecule has 0 saturated carbocycles. The molecule has 7 heteroatoms. The highest BCUT2D eigenvalue weighted by Crippen LogP contribution is 2.29. The van der Waals surface area contributed by atoms with Crippen LogP contribution < -0.4 is 0 Å². The van der Waals surface area contributed by atoms with Gasteiger partial charge < -0.3 is 19.4 Å². The Bertz CT molecular complexity index is 568. The number of likely N-dealkylation sites (tertiary alicyclic amines) is 2. The maximum absolute atomic E-state index is 11.5. The van der Waals surface area contributed by atoms with Crippen LogP contribution in [0.3, 0.4) is 0 Å². The van der Waals surface area contributed by atoms with Gasteiger partial charge in [0.15, 0.2) is 5.82 Å². The zero-order valence-corrected chi connectivity index (χ0v) is 14.7. The normalized spacial score (nSPS) is 27.2. The van der Waals surface area contributed by atoms with Crippen LogP contribution in [0.4, 0.5) is 0 Å². The first kappa shape index (κ1) is 17.4. The lowest BCUT2D eigenvalue weighted by Gasteiger charge is -2.37. The maximum atomic E-state index is 11.5. The number of aromatic nitrogens is 2. The van der Waals surface area contributed by atoms with Crippen LogP contribution in [0.5, 0.6) is 0 Å². The Hall–Kier alpha value is -1.47. The van der Waals surface area contributed by atoms with Crippen LogP contribution in [-0.4, -0.2) is 69.3 Å². The zero-order chi connectivity index (χ0) is 17.2. The molecule has 1 aromatic rings. The van der Waals surface area contributed by atoms with Crippen LogP contribution in [0, 0.1) is 6.92 Å². The van der Waals surface area contributed by atoms with E-state index in [0.717, 1.165) is 51.1 Å². The smallest absolute Gasteiger partial charge is 0.223 e. The summed E-state index contributed by atoms with van der Waals surface area (Å²) in [5.41, 5.74) is -0.681. The Morgan fingerprint density at radius 2 is 2.04 bits per heavy atom. The van der Waals surface area contributed by atoms with Crippen molar-refractivity contribution in [3.63, 3.8) is 0 Å². The summed E-state index contributed by atoms with van der Waals surface area (Å²) in [6.45, 7) is 7.42. The van der Waals surface area contributed by atoms with Crippen LogP contribution in [0.25, 0.3) is 0 Å². The lowest BCUT2D eigenvalue weighted by Crippen LogP contribution is -2.46. The Labute approximate surface area is 143 Å². The number of carbonyl (C=O) groups excluding carboxylic acids is 1. The number of hydrogen-bond donors (Lipinski definition) is 1. The van der Waals surface area contributed by atoms with E-state index in [2.05, 4.69) is 15.0 Å². The summed E-state index contributed by atoms with van der Waals surface area (Å²) in [7, 11) is 0. The lowest BCUT2D eigenvalue weighted by molar-refractivity contribution is -0.129. The van der Waals surface area contributed by atoms with Gasteiger partial charge in [-0.2, -0.15) is 4.98 Å². The molecule has 1 N–H and O–H groups in total. The SMILES string of the molecule is CC(=O)N1CCCC(O)(CN2CCC(c3noc(C)n3)CC2)CC1. The second-order valence-electron chi connectivity index (χ2n) is 7.31. The summed E-state index contributed by atoms with van der Waals surface area (Å²) >= 11 is 0. The fourth-order valence-corrected chi connectivity index (χ4v) is 3.90. The molecule has 3 heterocycles. The van der Waals surface area contributed by atoms with Gasteiger partial charge in [-0.05, 0) is 45.2 Å². The third-order valence-electron chi connectivity index (χ3n) is 5.38. The molecule has 1 aromatic heterocycles. The van der Waals surface area contributed by atoms with E-state index >= 15 is 0 Å². The van der Waals surface area contributed by atoms with Crippen LogP contribution in [0.15, 0.2) is 4.52 Å². The van der Waals surface area contributed by atoms with E-state index in [1.165, 1.54) is 0 Å². The highest BCUT2D eigenvalue weighted by molar-refractivity contribution is 5.73. The van der Waals surface area contributed by atoms with Gasteiger partial charge >= 0.3 is 0 Å². The van der Waals surface area contributed by atoms with Crippen LogP contribution in [0.2, 0.25) is 0 Å².